The third-order valence-electron chi connectivity index (χ3n) is 2.52. The number of hydrogen-bond acceptors (Lipinski definition) is 2. The quantitative estimate of drug-likeness (QED) is 0.662. The SMILES string of the molecule is Cc1cc(I)ccc1NC(=O)c1cc(C)c(Br)s1. The van der Waals surface area contributed by atoms with E-state index in [9.17, 15) is 4.79 Å². The van der Waals surface area contributed by atoms with E-state index < -0.39 is 0 Å². The summed E-state index contributed by atoms with van der Waals surface area (Å²) < 4.78 is 2.17. The molecule has 2 nitrogen and oxygen atoms in total. The minimum Gasteiger partial charge on any atom is -0.321 e. The molecular formula is C13H11BrINOS. The molecule has 0 saturated heterocycles. The molecule has 18 heavy (non-hydrogen) atoms. The second-order valence-electron chi connectivity index (χ2n) is 3.98. The van der Waals surface area contributed by atoms with E-state index in [1.807, 2.05) is 38.1 Å². The van der Waals surface area contributed by atoms with Crippen LogP contribution in [-0.2, 0) is 0 Å². The molecule has 1 N–H and O–H groups in total. The van der Waals surface area contributed by atoms with Crippen LogP contribution in [-0.4, -0.2) is 5.91 Å². The molecule has 0 aliphatic rings. The fourth-order valence-corrected chi connectivity index (χ4v) is 3.60. The Labute approximate surface area is 132 Å². The van der Waals surface area contributed by atoms with Gasteiger partial charge in [-0.2, -0.15) is 0 Å². The lowest BCUT2D eigenvalue weighted by Gasteiger charge is -2.07. The van der Waals surface area contributed by atoms with Crippen LogP contribution in [0.5, 0.6) is 0 Å². The Kier molecular flexibility index (Phi) is 4.45. The van der Waals surface area contributed by atoms with Crippen molar-refractivity contribution in [1.29, 1.82) is 0 Å². The number of rotatable bonds is 2. The van der Waals surface area contributed by atoms with Crippen LogP contribution in [0, 0.1) is 17.4 Å². The molecule has 2 aromatic rings. The monoisotopic (exact) mass is 435 g/mol. The fourth-order valence-electron chi connectivity index (χ4n) is 1.52. The molecule has 0 aliphatic carbocycles. The maximum Gasteiger partial charge on any atom is 0.265 e. The topological polar surface area (TPSA) is 29.1 Å². The van der Waals surface area contributed by atoms with Crippen LogP contribution in [0.3, 0.4) is 0 Å². The van der Waals surface area contributed by atoms with Crippen molar-refractivity contribution >= 4 is 61.5 Å². The van der Waals surface area contributed by atoms with Crippen molar-refractivity contribution in [3.05, 3.63) is 47.6 Å². The number of amides is 1. The van der Waals surface area contributed by atoms with E-state index in [2.05, 4.69) is 43.8 Å². The summed E-state index contributed by atoms with van der Waals surface area (Å²) in [6.45, 7) is 3.97. The van der Waals surface area contributed by atoms with Gasteiger partial charge in [0, 0.05) is 9.26 Å². The number of thiophene rings is 1. The van der Waals surface area contributed by atoms with Crippen molar-refractivity contribution < 1.29 is 4.79 Å². The zero-order chi connectivity index (χ0) is 13.3. The van der Waals surface area contributed by atoms with Gasteiger partial charge in [0.25, 0.3) is 5.91 Å². The molecule has 0 atom stereocenters. The van der Waals surface area contributed by atoms with E-state index in [0.29, 0.717) is 0 Å². The van der Waals surface area contributed by atoms with Crippen LogP contribution in [0.2, 0.25) is 0 Å². The van der Waals surface area contributed by atoms with Crippen molar-refractivity contribution in [2.75, 3.05) is 5.32 Å². The zero-order valence-corrected chi connectivity index (χ0v) is 14.4. The van der Waals surface area contributed by atoms with Gasteiger partial charge in [-0.3, -0.25) is 4.79 Å². The fraction of sp³-hybridized carbons (Fsp3) is 0.154. The van der Waals surface area contributed by atoms with Gasteiger partial charge in [-0.25, -0.2) is 0 Å². The van der Waals surface area contributed by atoms with Crippen LogP contribution >= 0.6 is 49.9 Å². The Hall–Kier alpha value is -0.400. The highest BCUT2D eigenvalue weighted by Gasteiger charge is 2.12. The summed E-state index contributed by atoms with van der Waals surface area (Å²) >= 11 is 7.14. The standard InChI is InChI=1S/C13H11BrINOS/c1-7-5-9(15)3-4-10(7)16-13(17)11-6-8(2)12(14)18-11/h3-6H,1-2H3,(H,16,17). The van der Waals surface area contributed by atoms with Crippen LogP contribution in [0.25, 0.3) is 0 Å². The van der Waals surface area contributed by atoms with Crippen LogP contribution < -0.4 is 5.32 Å². The number of benzene rings is 1. The molecule has 0 radical (unpaired) electrons. The van der Waals surface area contributed by atoms with Crippen LogP contribution in [0.15, 0.2) is 28.1 Å². The second kappa shape index (κ2) is 5.71. The van der Waals surface area contributed by atoms with E-state index >= 15 is 0 Å². The molecule has 0 spiro atoms. The minimum absolute atomic E-state index is 0.0573. The smallest absolute Gasteiger partial charge is 0.265 e. The number of carbonyl (C=O) groups is 1. The predicted molar refractivity (Wildman–Crippen MR) is 88.6 cm³/mol. The Morgan fingerprint density at radius 3 is 2.56 bits per heavy atom. The molecule has 94 valence electrons. The first kappa shape index (κ1) is 14.0. The summed E-state index contributed by atoms with van der Waals surface area (Å²) in [5.74, 6) is -0.0573. The maximum absolute atomic E-state index is 12.1. The van der Waals surface area contributed by atoms with E-state index in [1.54, 1.807) is 0 Å². The molecule has 1 aromatic carbocycles. The highest BCUT2D eigenvalue weighted by Crippen LogP contribution is 2.28. The lowest BCUT2D eigenvalue weighted by Crippen LogP contribution is -2.11. The molecule has 0 aliphatic heterocycles. The molecule has 1 amide bonds. The summed E-state index contributed by atoms with van der Waals surface area (Å²) in [4.78, 5) is 12.8. The second-order valence-corrected chi connectivity index (χ2v) is 7.60. The van der Waals surface area contributed by atoms with Gasteiger partial charge in [0.1, 0.15) is 0 Å². The highest BCUT2D eigenvalue weighted by molar-refractivity contribution is 14.1. The highest BCUT2D eigenvalue weighted by atomic mass is 127. The number of aryl methyl sites for hydroxylation is 2. The van der Waals surface area contributed by atoms with Gasteiger partial charge >= 0.3 is 0 Å². The number of halogens is 2. The van der Waals surface area contributed by atoms with Crippen molar-refractivity contribution in [3.63, 3.8) is 0 Å². The van der Waals surface area contributed by atoms with Crippen LogP contribution in [0.1, 0.15) is 20.8 Å². The Morgan fingerprint density at radius 2 is 2.00 bits per heavy atom. The third-order valence-corrected chi connectivity index (χ3v) is 5.32. The minimum atomic E-state index is -0.0573. The summed E-state index contributed by atoms with van der Waals surface area (Å²) in [6.07, 6.45) is 0. The van der Waals surface area contributed by atoms with Crippen molar-refractivity contribution in [2.45, 2.75) is 13.8 Å². The summed E-state index contributed by atoms with van der Waals surface area (Å²) in [5.41, 5.74) is 3.02. The van der Waals surface area contributed by atoms with Gasteiger partial charge in [-0.1, -0.05) is 0 Å². The first-order valence-electron chi connectivity index (χ1n) is 5.31. The Balaban J connectivity index is 2.21. The Morgan fingerprint density at radius 1 is 1.28 bits per heavy atom. The van der Waals surface area contributed by atoms with E-state index in [1.165, 1.54) is 11.3 Å². The van der Waals surface area contributed by atoms with Gasteiger partial charge in [0.05, 0.1) is 8.66 Å². The molecule has 1 aromatic heterocycles. The molecule has 0 bridgehead atoms. The first-order chi connectivity index (χ1) is 8.47. The lowest BCUT2D eigenvalue weighted by atomic mass is 10.2. The summed E-state index contributed by atoms with van der Waals surface area (Å²) in [7, 11) is 0. The summed E-state index contributed by atoms with van der Waals surface area (Å²) in [6, 6.07) is 7.86. The van der Waals surface area contributed by atoms with E-state index in [-0.39, 0.29) is 5.91 Å². The summed E-state index contributed by atoms with van der Waals surface area (Å²) in [5, 5.41) is 2.94. The van der Waals surface area contributed by atoms with E-state index in [4.69, 9.17) is 0 Å². The van der Waals surface area contributed by atoms with Gasteiger partial charge in [0.2, 0.25) is 0 Å². The van der Waals surface area contributed by atoms with Crippen molar-refractivity contribution in [3.8, 4) is 0 Å². The van der Waals surface area contributed by atoms with Gasteiger partial charge < -0.3 is 5.32 Å². The van der Waals surface area contributed by atoms with Crippen molar-refractivity contribution in [2.24, 2.45) is 0 Å². The molecule has 2 rings (SSSR count). The third kappa shape index (κ3) is 3.13. The molecule has 0 unspecified atom stereocenters. The lowest BCUT2D eigenvalue weighted by molar-refractivity contribution is 0.103. The maximum atomic E-state index is 12.1. The first-order valence-corrected chi connectivity index (χ1v) is 7.99. The normalized spacial score (nSPS) is 10.4. The van der Waals surface area contributed by atoms with Gasteiger partial charge in [-0.15, -0.1) is 11.3 Å². The average Bonchev–Trinajstić information content (AvgIpc) is 2.63. The zero-order valence-electron chi connectivity index (χ0n) is 9.88. The van der Waals surface area contributed by atoms with Gasteiger partial charge in [-0.05, 0) is 87.8 Å². The molecule has 5 heteroatoms. The van der Waals surface area contributed by atoms with E-state index in [0.717, 1.165) is 29.0 Å². The Bertz CT molecular complexity index is 590. The number of hydrogen-bond donors (Lipinski definition) is 1. The molecule has 0 saturated carbocycles. The number of nitrogens with one attached hydrogen (secondary N) is 1. The number of carbonyl (C=O) groups excluding carboxylic acids is 1. The molecular weight excluding hydrogens is 425 g/mol. The molecule has 0 fully saturated rings. The van der Waals surface area contributed by atoms with Crippen LogP contribution in [0.4, 0.5) is 5.69 Å². The molecule has 1 heterocycles. The average molecular weight is 436 g/mol. The number of anilines is 1. The largest absolute Gasteiger partial charge is 0.321 e. The van der Waals surface area contributed by atoms with Crippen molar-refractivity contribution in [1.82, 2.24) is 0 Å². The predicted octanol–water partition coefficient (Wildman–Crippen LogP) is 4.98. The van der Waals surface area contributed by atoms with Gasteiger partial charge in [0.15, 0.2) is 0 Å².